The van der Waals surface area contributed by atoms with E-state index in [9.17, 15) is 0 Å². The molecule has 3 rings (SSSR count). The number of nitrogens with two attached hydrogens (primary N) is 1. The highest BCUT2D eigenvalue weighted by Gasteiger charge is 2.31. The number of ether oxygens (including phenoxy) is 2. The third-order valence-corrected chi connectivity index (χ3v) is 3.21. The fourth-order valence-corrected chi connectivity index (χ4v) is 2.09. The van der Waals surface area contributed by atoms with Gasteiger partial charge >= 0.3 is 0 Å². The Kier molecular flexibility index (Phi) is 3.18. The highest BCUT2D eigenvalue weighted by Crippen LogP contribution is 2.26. The molecule has 2 N–H and O–H groups in total. The molecule has 1 aliphatic heterocycles. The molecule has 1 aromatic heterocycles. The Balaban J connectivity index is 1.88. The van der Waals surface area contributed by atoms with Crippen LogP contribution in [-0.2, 0) is 4.74 Å². The van der Waals surface area contributed by atoms with Crippen LogP contribution in [0, 0.1) is 0 Å². The summed E-state index contributed by atoms with van der Waals surface area (Å²) in [4.78, 5) is 4.39. The van der Waals surface area contributed by atoms with Gasteiger partial charge in [0, 0.05) is 11.6 Å². The summed E-state index contributed by atoms with van der Waals surface area (Å²) in [5, 5.41) is 3.99. The summed E-state index contributed by atoms with van der Waals surface area (Å²) < 4.78 is 15.8. The van der Waals surface area contributed by atoms with Crippen LogP contribution in [0.1, 0.15) is 11.8 Å². The quantitative estimate of drug-likeness (QED) is 0.893. The monoisotopic (exact) mass is 261 g/mol. The smallest absolute Gasteiger partial charge is 0.234 e. The maximum atomic E-state index is 5.93. The van der Waals surface area contributed by atoms with Gasteiger partial charge in [0.15, 0.2) is 0 Å². The number of aromatic nitrogens is 2. The van der Waals surface area contributed by atoms with Gasteiger partial charge in [0.25, 0.3) is 0 Å². The van der Waals surface area contributed by atoms with Gasteiger partial charge in [0.2, 0.25) is 11.7 Å². The number of hydrogen-bond donors (Lipinski definition) is 1. The van der Waals surface area contributed by atoms with Crippen LogP contribution in [0.15, 0.2) is 28.8 Å². The molecule has 0 radical (unpaired) electrons. The Morgan fingerprint density at radius 1 is 1.37 bits per heavy atom. The number of nitrogens with zero attached hydrogens (tertiary/aromatic N) is 2. The Labute approximate surface area is 110 Å². The molecule has 100 valence electrons. The van der Waals surface area contributed by atoms with Crippen LogP contribution in [0.4, 0.5) is 0 Å². The van der Waals surface area contributed by atoms with Crippen LogP contribution in [0.3, 0.4) is 0 Å². The first-order valence-electron chi connectivity index (χ1n) is 6.09. The van der Waals surface area contributed by atoms with Crippen molar-refractivity contribution in [3.8, 4) is 17.1 Å². The lowest BCUT2D eigenvalue weighted by molar-refractivity contribution is 0.187. The van der Waals surface area contributed by atoms with E-state index in [0.717, 1.165) is 11.3 Å². The molecule has 2 atom stereocenters. The van der Waals surface area contributed by atoms with Crippen LogP contribution < -0.4 is 10.5 Å². The van der Waals surface area contributed by atoms with Gasteiger partial charge in [-0.3, -0.25) is 0 Å². The molecule has 1 aliphatic rings. The fraction of sp³-hybridized carbons (Fsp3) is 0.385. The van der Waals surface area contributed by atoms with Crippen LogP contribution in [0.2, 0.25) is 0 Å². The third kappa shape index (κ3) is 2.32. The van der Waals surface area contributed by atoms with Crippen LogP contribution in [0.25, 0.3) is 11.4 Å². The Morgan fingerprint density at radius 2 is 2.26 bits per heavy atom. The first-order valence-corrected chi connectivity index (χ1v) is 6.09. The molecule has 0 bridgehead atoms. The second kappa shape index (κ2) is 4.99. The van der Waals surface area contributed by atoms with E-state index in [1.54, 1.807) is 7.11 Å². The van der Waals surface area contributed by atoms with Crippen molar-refractivity contribution in [3.63, 3.8) is 0 Å². The van der Waals surface area contributed by atoms with Crippen LogP contribution in [-0.4, -0.2) is 36.5 Å². The SMILES string of the molecule is COc1cccc(-c2noc(C3COCC3N)n2)c1. The zero-order valence-corrected chi connectivity index (χ0v) is 10.6. The van der Waals surface area contributed by atoms with Gasteiger partial charge in [-0.2, -0.15) is 4.98 Å². The standard InChI is InChI=1S/C13H15N3O3/c1-17-9-4-2-3-8(5-9)12-15-13(19-16-12)10-6-18-7-11(10)14/h2-5,10-11H,6-7,14H2,1H3. The third-order valence-electron chi connectivity index (χ3n) is 3.21. The van der Waals surface area contributed by atoms with Crippen molar-refractivity contribution in [2.75, 3.05) is 20.3 Å². The van der Waals surface area contributed by atoms with Gasteiger partial charge in [0.05, 0.1) is 26.2 Å². The van der Waals surface area contributed by atoms with Gasteiger partial charge in [0.1, 0.15) is 5.75 Å². The van der Waals surface area contributed by atoms with Crippen molar-refractivity contribution < 1.29 is 14.0 Å². The van der Waals surface area contributed by atoms with Gasteiger partial charge in [-0.15, -0.1) is 0 Å². The van der Waals surface area contributed by atoms with E-state index in [-0.39, 0.29) is 12.0 Å². The maximum Gasteiger partial charge on any atom is 0.234 e. The number of methoxy groups -OCH3 is 1. The molecule has 1 fully saturated rings. The maximum absolute atomic E-state index is 5.93. The normalized spacial score (nSPS) is 22.6. The lowest BCUT2D eigenvalue weighted by Gasteiger charge is -2.06. The molecule has 2 aromatic rings. The Bertz CT molecular complexity index is 570. The van der Waals surface area contributed by atoms with Crippen molar-refractivity contribution >= 4 is 0 Å². The highest BCUT2D eigenvalue weighted by atomic mass is 16.5. The largest absolute Gasteiger partial charge is 0.497 e. The van der Waals surface area contributed by atoms with Crippen LogP contribution in [0.5, 0.6) is 5.75 Å². The minimum Gasteiger partial charge on any atom is -0.497 e. The average molecular weight is 261 g/mol. The molecule has 2 unspecified atom stereocenters. The molecular weight excluding hydrogens is 246 g/mol. The zero-order chi connectivity index (χ0) is 13.2. The zero-order valence-electron chi connectivity index (χ0n) is 10.6. The van der Waals surface area contributed by atoms with E-state index in [1.165, 1.54) is 0 Å². The Hall–Kier alpha value is -1.92. The van der Waals surface area contributed by atoms with Gasteiger partial charge in [-0.25, -0.2) is 0 Å². The summed E-state index contributed by atoms with van der Waals surface area (Å²) in [6.07, 6.45) is 0. The molecule has 0 amide bonds. The summed E-state index contributed by atoms with van der Waals surface area (Å²) >= 11 is 0. The van der Waals surface area contributed by atoms with Crippen molar-refractivity contribution in [3.05, 3.63) is 30.2 Å². The molecule has 2 heterocycles. The summed E-state index contributed by atoms with van der Waals surface area (Å²) in [5.41, 5.74) is 6.78. The molecule has 1 saturated heterocycles. The minimum atomic E-state index is -0.0846. The first kappa shape index (κ1) is 12.1. The first-order chi connectivity index (χ1) is 9.28. The van der Waals surface area contributed by atoms with Gasteiger partial charge in [-0.1, -0.05) is 17.3 Å². The number of benzene rings is 1. The Morgan fingerprint density at radius 3 is 3.00 bits per heavy atom. The second-order valence-corrected chi connectivity index (χ2v) is 4.50. The van der Waals surface area contributed by atoms with Gasteiger partial charge < -0.3 is 19.7 Å². The molecule has 0 aliphatic carbocycles. The van der Waals surface area contributed by atoms with E-state index in [0.29, 0.717) is 24.9 Å². The highest BCUT2D eigenvalue weighted by molar-refractivity contribution is 5.56. The van der Waals surface area contributed by atoms with E-state index in [4.69, 9.17) is 19.7 Å². The van der Waals surface area contributed by atoms with Crippen LogP contribution >= 0.6 is 0 Å². The van der Waals surface area contributed by atoms with Crippen molar-refractivity contribution in [1.29, 1.82) is 0 Å². The summed E-state index contributed by atoms with van der Waals surface area (Å²) in [6, 6.07) is 7.43. The van der Waals surface area contributed by atoms with E-state index in [1.807, 2.05) is 24.3 Å². The molecule has 0 saturated carbocycles. The predicted molar refractivity (Wildman–Crippen MR) is 67.8 cm³/mol. The topological polar surface area (TPSA) is 83.4 Å². The number of rotatable bonds is 3. The molecule has 1 aromatic carbocycles. The lowest BCUT2D eigenvalue weighted by Crippen LogP contribution is -2.26. The molecular formula is C13H15N3O3. The summed E-state index contributed by atoms with van der Waals surface area (Å²) in [6.45, 7) is 1.06. The molecule has 19 heavy (non-hydrogen) atoms. The van der Waals surface area contributed by atoms with E-state index < -0.39 is 0 Å². The summed E-state index contributed by atoms with van der Waals surface area (Å²) in [7, 11) is 1.62. The molecule has 6 nitrogen and oxygen atoms in total. The minimum absolute atomic E-state index is 0.0214. The predicted octanol–water partition coefficient (Wildman–Crippen LogP) is 1.19. The van der Waals surface area contributed by atoms with Crippen molar-refractivity contribution in [2.45, 2.75) is 12.0 Å². The second-order valence-electron chi connectivity index (χ2n) is 4.50. The molecule has 6 heteroatoms. The lowest BCUT2D eigenvalue weighted by atomic mass is 10.1. The average Bonchev–Trinajstić information content (AvgIpc) is 3.07. The molecule has 0 spiro atoms. The van der Waals surface area contributed by atoms with Gasteiger partial charge in [-0.05, 0) is 12.1 Å². The number of hydrogen-bond acceptors (Lipinski definition) is 6. The van der Waals surface area contributed by atoms with Crippen molar-refractivity contribution in [2.24, 2.45) is 5.73 Å². The van der Waals surface area contributed by atoms with E-state index in [2.05, 4.69) is 10.1 Å². The van der Waals surface area contributed by atoms with E-state index >= 15 is 0 Å². The fourth-order valence-electron chi connectivity index (χ4n) is 2.09. The van der Waals surface area contributed by atoms with Crippen molar-refractivity contribution in [1.82, 2.24) is 10.1 Å². The summed E-state index contributed by atoms with van der Waals surface area (Å²) in [5.74, 6) is 1.80.